The third-order valence-corrected chi connectivity index (χ3v) is 2.64. The summed E-state index contributed by atoms with van der Waals surface area (Å²) in [6, 6.07) is 7.45. The second-order valence-electron chi connectivity index (χ2n) is 3.88. The fourth-order valence-corrected chi connectivity index (χ4v) is 1.65. The Morgan fingerprint density at radius 3 is 2.11 bits per heavy atom. The van der Waals surface area contributed by atoms with E-state index in [-0.39, 0.29) is 16.9 Å². The molecule has 0 saturated heterocycles. The van der Waals surface area contributed by atoms with E-state index in [2.05, 4.69) is 0 Å². The van der Waals surface area contributed by atoms with Crippen LogP contribution in [0.15, 0.2) is 36.4 Å². The highest BCUT2D eigenvalue weighted by Crippen LogP contribution is 2.24. The predicted octanol–water partition coefficient (Wildman–Crippen LogP) is 3.18. The number of rotatable bonds is 4. The molecule has 0 saturated carbocycles. The Kier molecular flexibility index (Phi) is 4.06. The van der Waals surface area contributed by atoms with Gasteiger partial charge in [0.25, 0.3) is 0 Å². The Morgan fingerprint density at radius 2 is 1.47 bits per heavy atom. The molecular weight excluding hydrogens is 257 g/mol. The highest BCUT2D eigenvalue weighted by molar-refractivity contribution is 5.34. The number of hydrogen-bond donors (Lipinski definition) is 1. The molecular formula is C14H11F3O2. The van der Waals surface area contributed by atoms with Gasteiger partial charge in [-0.15, -0.1) is 0 Å². The molecule has 0 aliphatic rings. The van der Waals surface area contributed by atoms with Gasteiger partial charge in [-0.25, -0.2) is 13.2 Å². The summed E-state index contributed by atoms with van der Waals surface area (Å²) < 4.78 is 45.4. The number of aliphatic hydroxyl groups is 1. The molecule has 0 aliphatic heterocycles. The smallest absolute Gasteiger partial charge is 0.165 e. The third kappa shape index (κ3) is 2.88. The molecule has 0 unspecified atom stereocenters. The molecule has 2 nitrogen and oxygen atoms in total. The van der Waals surface area contributed by atoms with Crippen molar-refractivity contribution < 1.29 is 23.0 Å². The first-order valence-electron chi connectivity index (χ1n) is 5.57. The lowest BCUT2D eigenvalue weighted by Gasteiger charge is -2.12. The number of ether oxygens (including phenoxy) is 1. The molecule has 2 rings (SSSR count). The molecule has 5 heteroatoms. The molecule has 0 aliphatic carbocycles. The van der Waals surface area contributed by atoms with Crippen LogP contribution >= 0.6 is 0 Å². The number of halogens is 3. The number of benzene rings is 2. The van der Waals surface area contributed by atoms with E-state index in [9.17, 15) is 13.2 Å². The van der Waals surface area contributed by atoms with E-state index in [4.69, 9.17) is 9.84 Å². The second kappa shape index (κ2) is 5.75. The van der Waals surface area contributed by atoms with E-state index in [1.165, 1.54) is 18.2 Å². The summed E-state index contributed by atoms with van der Waals surface area (Å²) in [7, 11) is 0. The molecule has 0 heterocycles. The van der Waals surface area contributed by atoms with Crippen molar-refractivity contribution >= 4 is 0 Å². The molecule has 2 aromatic carbocycles. The highest BCUT2D eigenvalue weighted by Gasteiger charge is 2.13. The average Bonchev–Trinajstić information content (AvgIpc) is 2.39. The Labute approximate surface area is 108 Å². The van der Waals surface area contributed by atoms with Crippen molar-refractivity contribution in [2.24, 2.45) is 0 Å². The van der Waals surface area contributed by atoms with Crippen LogP contribution in [0.25, 0.3) is 0 Å². The summed E-state index contributed by atoms with van der Waals surface area (Å²) in [6.07, 6.45) is 0. The van der Waals surface area contributed by atoms with Crippen LogP contribution in [0.2, 0.25) is 0 Å². The molecule has 0 atom stereocenters. The zero-order chi connectivity index (χ0) is 13.8. The van der Waals surface area contributed by atoms with Crippen LogP contribution in [-0.2, 0) is 13.2 Å². The van der Waals surface area contributed by atoms with Crippen LogP contribution < -0.4 is 4.74 Å². The van der Waals surface area contributed by atoms with Gasteiger partial charge in [-0.2, -0.15) is 0 Å². The van der Waals surface area contributed by atoms with Gasteiger partial charge in [0, 0.05) is 5.56 Å². The van der Waals surface area contributed by atoms with Crippen molar-refractivity contribution in [3.8, 4) is 5.75 Å². The maximum absolute atomic E-state index is 13.5. The van der Waals surface area contributed by atoms with Gasteiger partial charge in [0.05, 0.1) is 12.2 Å². The van der Waals surface area contributed by atoms with Gasteiger partial charge in [0.15, 0.2) is 11.6 Å². The summed E-state index contributed by atoms with van der Waals surface area (Å²) >= 11 is 0. The molecule has 0 amide bonds. The normalized spacial score (nSPS) is 10.5. The lowest BCUT2D eigenvalue weighted by molar-refractivity contribution is 0.246. The standard InChI is InChI=1S/C14H11F3O2/c15-11-4-2-5-12(16)10(11)8-19-14-9(7-18)3-1-6-13(14)17/h1-6,18H,7-8H2. The first kappa shape index (κ1) is 13.4. The number of aliphatic hydroxyl groups excluding tert-OH is 1. The Hall–Kier alpha value is -2.01. The van der Waals surface area contributed by atoms with Crippen molar-refractivity contribution in [2.75, 3.05) is 0 Å². The van der Waals surface area contributed by atoms with Gasteiger partial charge in [-0.05, 0) is 18.2 Å². The van der Waals surface area contributed by atoms with Crippen LogP contribution in [0.1, 0.15) is 11.1 Å². The first-order chi connectivity index (χ1) is 9.13. The minimum absolute atomic E-state index is 0.201. The van der Waals surface area contributed by atoms with Gasteiger partial charge in [0.2, 0.25) is 0 Å². The summed E-state index contributed by atoms with van der Waals surface area (Å²) in [5.41, 5.74) is -0.0635. The maximum Gasteiger partial charge on any atom is 0.165 e. The van der Waals surface area contributed by atoms with Crippen molar-refractivity contribution in [1.82, 2.24) is 0 Å². The number of hydrogen-bond acceptors (Lipinski definition) is 2. The Bertz CT molecular complexity index is 565. The summed E-state index contributed by atoms with van der Waals surface area (Å²) in [6.45, 7) is -0.876. The third-order valence-electron chi connectivity index (χ3n) is 2.64. The van der Waals surface area contributed by atoms with E-state index < -0.39 is 30.7 Å². The molecule has 100 valence electrons. The average molecular weight is 268 g/mol. The molecule has 0 fully saturated rings. The molecule has 1 N–H and O–H groups in total. The summed E-state index contributed by atoms with van der Waals surface area (Å²) in [4.78, 5) is 0. The Morgan fingerprint density at radius 1 is 0.895 bits per heavy atom. The summed E-state index contributed by atoms with van der Waals surface area (Å²) in [5.74, 6) is -2.42. The molecule has 2 aromatic rings. The van der Waals surface area contributed by atoms with E-state index in [0.29, 0.717) is 0 Å². The summed E-state index contributed by atoms with van der Waals surface area (Å²) in [5, 5.41) is 9.05. The minimum Gasteiger partial charge on any atom is -0.485 e. The zero-order valence-electron chi connectivity index (χ0n) is 9.87. The Balaban J connectivity index is 2.24. The second-order valence-corrected chi connectivity index (χ2v) is 3.88. The first-order valence-corrected chi connectivity index (χ1v) is 5.57. The SMILES string of the molecule is OCc1cccc(F)c1OCc1c(F)cccc1F. The van der Waals surface area contributed by atoms with Crippen molar-refractivity contribution in [3.63, 3.8) is 0 Å². The van der Waals surface area contributed by atoms with Gasteiger partial charge in [0.1, 0.15) is 18.2 Å². The highest BCUT2D eigenvalue weighted by atomic mass is 19.1. The van der Waals surface area contributed by atoms with Crippen molar-refractivity contribution in [1.29, 1.82) is 0 Å². The van der Waals surface area contributed by atoms with Gasteiger partial charge in [-0.3, -0.25) is 0 Å². The molecule has 0 aromatic heterocycles. The van der Waals surface area contributed by atoms with Crippen LogP contribution in [0, 0.1) is 17.5 Å². The predicted molar refractivity (Wildman–Crippen MR) is 63.0 cm³/mol. The monoisotopic (exact) mass is 268 g/mol. The van der Waals surface area contributed by atoms with E-state index in [0.717, 1.165) is 18.2 Å². The van der Waals surface area contributed by atoms with E-state index >= 15 is 0 Å². The zero-order valence-corrected chi connectivity index (χ0v) is 9.87. The van der Waals surface area contributed by atoms with Gasteiger partial charge < -0.3 is 9.84 Å². The fraction of sp³-hybridized carbons (Fsp3) is 0.143. The van der Waals surface area contributed by atoms with Crippen LogP contribution in [0.4, 0.5) is 13.2 Å². The molecule has 0 bridgehead atoms. The minimum atomic E-state index is -0.762. The van der Waals surface area contributed by atoms with Gasteiger partial charge in [-0.1, -0.05) is 18.2 Å². The lowest BCUT2D eigenvalue weighted by atomic mass is 10.2. The van der Waals surface area contributed by atoms with Crippen LogP contribution in [0.3, 0.4) is 0 Å². The van der Waals surface area contributed by atoms with E-state index in [1.807, 2.05) is 0 Å². The lowest BCUT2D eigenvalue weighted by Crippen LogP contribution is -2.05. The fourth-order valence-electron chi connectivity index (χ4n) is 1.65. The molecule has 0 radical (unpaired) electrons. The van der Waals surface area contributed by atoms with E-state index in [1.54, 1.807) is 0 Å². The van der Waals surface area contributed by atoms with Crippen LogP contribution in [0.5, 0.6) is 5.75 Å². The topological polar surface area (TPSA) is 29.5 Å². The van der Waals surface area contributed by atoms with Crippen LogP contribution in [-0.4, -0.2) is 5.11 Å². The van der Waals surface area contributed by atoms with Crippen molar-refractivity contribution in [3.05, 3.63) is 65.0 Å². The maximum atomic E-state index is 13.5. The quantitative estimate of drug-likeness (QED) is 0.922. The van der Waals surface area contributed by atoms with Gasteiger partial charge >= 0.3 is 0 Å². The van der Waals surface area contributed by atoms with Crippen molar-refractivity contribution in [2.45, 2.75) is 13.2 Å². The molecule has 19 heavy (non-hydrogen) atoms. The molecule has 0 spiro atoms. The number of para-hydroxylation sites is 1. The largest absolute Gasteiger partial charge is 0.485 e.